The number of aliphatic hydroxyl groups is 1. The van der Waals surface area contributed by atoms with Crippen molar-refractivity contribution >= 4 is 10.4 Å². The van der Waals surface area contributed by atoms with Crippen LogP contribution in [-0.2, 0) is 34.1 Å². The van der Waals surface area contributed by atoms with Gasteiger partial charge in [0.2, 0.25) is 10.4 Å². The summed E-state index contributed by atoms with van der Waals surface area (Å²) in [5.74, 6) is 1.38. The first-order chi connectivity index (χ1) is 16.4. The number of aliphatic hydroxyl groups excluding tert-OH is 1. The van der Waals surface area contributed by atoms with Gasteiger partial charge in [-0.3, -0.25) is 4.18 Å². The Morgan fingerprint density at radius 2 is 1.32 bits per heavy atom. The van der Waals surface area contributed by atoms with Crippen LogP contribution in [0.4, 0.5) is 0 Å². The van der Waals surface area contributed by atoms with E-state index in [1.807, 2.05) is 0 Å². The molecule has 0 aliphatic carbocycles. The van der Waals surface area contributed by atoms with Crippen molar-refractivity contribution in [3.05, 3.63) is 18.2 Å². The van der Waals surface area contributed by atoms with Gasteiger partial charge in [0.15, 0.2) is 0 Å². The fourth-order valence-electron chi connectivity index (χ4n) is 4.18. The van der Waals surface area contributed by atoms with Gasteiger partial charge >= 0.3 is 0 Å². The summed E-state index contributed by atoms with van der Waals surface area (Å²) in [7, 11) is -4.42. The first-order valence-electron chi connectivity index (χ1n) is 13.7. The van der Waals surface area contributed by atoms with Crippen molar-refractivity contribution in [3.8, 4) is 0 Å². The predicted octanol–water partition coefficient (Wildman–Crippen LogP) is 5.68. The van der Waals surface area contributed by atoms with Gasteiger partial charge in [-0.25, -0.2) is 17.6 Å². The molecule has 0 saturated heterocycles. The molecule has 0 spiro atoms. The van der Waals surface area contributed by atoms with Crippen LogP contribution in [-0.4, -0.2) is 35.9 Å². The van der Waals surface area contributed by atoms with Crippen LogP contribution >= 0.6 is 0 Å². The summed E-state index contributed by atoms with van der Waals surface area (Å²) in [6, 6.07) is 0. The van der Waals surface area contributed by atoms with E-state index in [9.17, 15) is 18.1 Å². The minimum Gasteiger partial charge on any atom is -0.726 e. The Kier molecular flexibility index (Phi) is 21.9. The number of nitrogens with zero attached hydrogens (tertiary/aromatic N) is 2. The van der Waals surface area contributed by atoms with Crippen LogP contribution in [0.1, 0.15) is 123 Å². The van der Waals surface area contributed by atoms with E-state index in [0.29, 0.717) is 0 Å². The highest BCUT2D eigenvalue weighted by molar-refractivity contribution is 7.80. The highest BCUT2D eigenvalue weighted by atomic mass is 32.3. The third-order valence-electron chi connectivity index (χ3n) is 6.04. The lowest BCUT2D eigenvalue weighted by Gasteiger charge is -2.04. The molecule has 0 atom stereocenters. The number of rotatable bonds is 21. The van der Waals surface area contributed by atoms with E-state index in [1.165, 1.54) is 109 Å². The molecule has 202 valence electrons. The Balaban J connectivity index is 0.00000135. The molecule has 1 aromatic rings. The fourth-order valence-corrected chi connectivity index (χ4v) is 4.47. The summed E-state index contributed by atoms with van der Waals surface area (Å²) in [5.41, 5.74) is 0. The van der Waals surface area contributed by atoms with E-state index in [4.69, 9.17) is 0 Å². The average Bonchev–Trinajstić information content (AvgIpc) is 3.18. The Morgan fingerprint density at radius 1 is 0.853 bits per heavy atom. The van der Waals surface area contributed by atoms with Crippen LogP contribution in [0.2, 0.25) is 0 Å². The zero-order valence-electron chi connectivity index (χ0n) is 22.2. The Labute approximate surface area is 209 Å². The molecule has 1 rings (SSSR count). The molecule has 7 nitrogen and oxygen atoms in total. The Bertz CT molecular complexity index is 677. The predicted molar refractivity (Wildman–Crippen MR) is 137 cm³/mol. The molecule has 1 N–H and O–H groups in total. The lowest BCUT2D eigenvalue weighted by atomic mass is 10.0. The maximum absolute atomic E-state index is 9.45. The topological polar surface area (TPSA) is 95.5 Å². The van der Waals surface area contributed by atoms with Gasteiger partial charge in [0.05, 0.1) is 19.8 Å². The van der Waals surface area contributed by atoms with E-state index < -0.39 is 10.4 Å². The number of imidazole rings is 1. The number of hydrogen-bond donors (Lipinski definition) is 1. The first-order valence-corrected chi connectivity index (χ1v) is 15.0. The lowest BCUT2D eigenvalue weighted by Crippen LogP contribution is -2.38. The van der Waals surface area contributed by atoms with Crippen LogP contribution in [0.5, 0.6) is 0 Å². The third-order valence-corrected chi connectivity index (χ3v) is 6.56. The number of aromatic nitrogens is 2. The number of unbranched alkanes of at least 4 members (excludes halogenated alkanes) is 14. The van der Waals surface area contributed by atoms with Crippen molar-refractivity contribution in [1.29, 1.82) is 0 Å². The number of aryl methyl sites for hydroxylation is 1. The average molecular weight is 505 g/mol. The maximum atomic E-state index is 9.45. The van der Waals surface area contributed by atoms with Gasteiger partial charge in [0, 0.05) is 6.42 Å². The second-order valence-electron chi connectivity index (χ2n) is 8.93. The van der Waals surface area contributed by atoms with Crippen molar-refractivity contribution in [3.63, 3.8) is 0 Å². The molecule has 0 aromatic carbocycles. The normalized spacial score (nSPS) is 11.4. The summed E-state index contributed by atoms with van der Waals surface area (Å²) in [5, 5.41) is 9.20. The van der Waals surface area contributed by atoms with Crippen LogP contribution in [0.25, 0.3) is 0 Å². The molecule has 0 saturated carbocycles. The molecule has 1 aromatic heterocycles. The fraction of sp³-hybridized carbons (Fsp3) is 0.885. The van der Waals surface area contributed by atoms with Gasteiger partial charge in [0.1, 0.15) is 18.9 Å². The van der Waals surface area contributed by atoms with Crippen molar-refractivity contribution in [2.45, 2.75) is 137 Å². The largest absolute Gasteiger partial charge is 0.726 e. The van der Waals surface area contributed by atoms with Crippen LogP contribution in [0, 0.1) is 0 Å². The molecular weight excluding hydrogens is 452 g/mol. The standard InChI is InChI=1S/C24H47N2O.C2H6O4S/c1-3-5-6-7-8-9-10-11-12-13-14-15-16-17-18-19-24-25(4-2)20-21-26(24)22-23-27;1-2-6-7(3,4)5/h20-21,27H,3-19,22-23H2,1-2H3;2H2,1H3,(H,3,4,5)/q+1;/p-1. The minimum atomic E-state index is -4.42. The van der Waals surface area contributed by atoms with E-state index in [0.717, 1.165) is 19.5 Å². The SMILES string of the molecule is CCCCCCCCCCCCCCCCCc1n(CC)cc[n+]1CCO.CCOS(=O)(=O)[O-]. The maximum Gasteiger partial charge on any atom is 0.256 e. The summed E-state index contributed by atoms with van der Waals surface area (Å²) < 4.78 is 36.5. The van der Waals surface area contributed by atoms with Crippen LogP contribution in [0.15, 0.2) is 12.4 Å². The molecule has 0 bridgehead atoms. The van der Waals surface area contributed by atoms with Gasteiger partial charge in [-0.05, 0) is 20.3 Å². The molecule has 34 heavy (non-hydrogen) atoms. The van der Waals surface area contributed by atoms with E-state index in [-0.39, 0.29) is 13.2 Å². The molecule has 0 aliphatic rings. The van der Waals surface area contributed by atoms with Crippen molar-refractivity contribution in [2.24, 2.45) is 0 Å². The van der Waals surface area contributed by atoms with E-state index >= 15 is 0 Å². The molecule has 8 heteroatoms. The lowest BCUT2D eigenvalue weighted by molar-refractivity contribution is -0.705. The first kappa shape index (κ1) is 33.0. The zero-order chi connectivity index (χ0) is 25.5. The summed E-state index contributed by atoms with van der Waals surface area (Å²) in [4.78, 5) is 0. The van der Waals surface area contributed by atoms with Gasteiger partial charge in [-0.2, -0.15) is 0 Å². The molecule has 0 unspecified atom stereocenters. The van der Waals surface area contributed by atoms with E-state index in [1.54, 1.807) is 0 Å². The second-order valence-corrected chi connectivity index (χ2v) is 9.98. The van der Waals surface area contributed by atoms with Crippen LogP contribution < -0.4 is 4.57 Å². The van der Waals surface area contributed by atoms with E-state index in [2.05, 4.69) is 39.6 Å². The van der Waals surface area contributed by atoms with Gasteiger partial charge in [0.25, 0.3) is 5.82 Å². The molecular formula is C26H52N2O5S. The molecule has 0 aliphatic heterocycles. The summed E-state index contributed by atoms with van der Waals surface area (Å²) in [6.45, 7) is 7.79. The van der Waals surface area contributed by atoms with Gasteiger partial charge in [-0.1, -0.05) is 96.8 Å². The molecule has 1 heterocycles. The monoisotopic (exact) mass is 504 g/mol. The zero-order valence-corrected chi connectivity index (χ0v) is 23.0. The summed E-state index contributed by atoms with van der Waals surface area (Å²) >= 11 is 0. The third kappa shape index (κ3) is 19.4. The molecule has 0 amide bonds. The smallest absolute Gasteiger partial charge is 0.256 e. The van der Waals surface area contributed by atoms with Crippen molar-refractivity contribution in [1.82, 2.24) is 4.57 Å². The molecule has 0 fully saturated rings. The Hall–Kier alpha value is -0.960. The van der Waals surface area contributed by atoms with Crippen molar-refractivity contribution in [2.75, 3.05) is 13.2 Å². The van der Waals surface area contributed by atoms with Gasteiger partial charge in [-0.15, -0.1) is 0 Å². The minimum absolute atomic E-state index is 0.0914. The van der Waals surface area contributed by atoms with Gasteiger partial charge < -0.3 is 9.66 Å². The second kappa shape index (κ2) is 22.5. The Morgan fingerprint density at radius 3 is 1.68 bits per heavy atom. The summed E-state index contributed by atoms with van der Waals surface area (Å²) in [6.07, 6.45) is 26.6. The van der Waals surface area contributed by atoms with Crippen molar-refractivity contribution < 1.29 is 26.8 Å². The van der Waals surface area contributed by atoms with Crippen LogP contribution in [0.3, 0.4) is 0 Å². The molecule has 0 radical (unpaired) electrons. The number of hydrogen-bond acceptors (Lipinski definition) is 5. The quantitative estimate of drug-likeness (QED) is 0.100. The highest BCUT2D eigenvalue weighted by Gasteiger charge is 2.14. The highest BCUT2D eigenvalue weighted by Crippen LogP contribution is 2.14.